The maximum absolute atomic E-state index is 11.9. The van der Waals surface area contributed by atoms with Gasteiger partial charge in [-0.25, -0.2) is 0 Å². The highest BCUT2D eigenvalue weighted by molar-refractivity contribution is 6.30. The minimum Gasteiger partial charge on any atom is -0.347 e. The Morgan fingerprint density at radius 3 is 2.50 bits per heavy atom. The Kier molecular flexibility index (Phi) is 6.25. The van der Waals surface area contributed by atoms with Crippen LogP contribution in [0.3, 0.4) is 0 Å². The quantitative estimate of drug-likeness (QED) is 0.836. The van der Waals surface area contributed by atoms with Gasteiger partial charge in [0.25, 0.3) is 5.91 Å². The van der Waals surface area contributed by atoms with Gasteiger partial charge in [0.15, 0.2) is 6.54 Å². The zero-order valence-electron chi connectivity index (χ0n) is 12.4. The lowest BCUT2D eigenvalue weighted by molar-refractivity contribution is -0.682. The number of amides is 1. The van der Waals surface area contributed by atoms with E-state index in [-0.39, 0.29) is 11.9 Å². The molecule has 5 heteroatoms. The number of carbonyl (C=O) groups excluding carboxylic acids is 1. The predicted molar refractivity (Wildman–Crippen MR) is 90.0 cm³/mol. The van der Waals surface area contributed by atoms with Crippen molar-refractivity contribution in [3.05, 3.63) is 69.7 Å². The van der Waals surface area contributed by atoms with Gasteiger partial charge >= 0.3 is 0 Å². The van der Waals surface area contributed by atoms with Gasteiger partial charge < -0.3 is 10.6 Å². The minimum atomic E-state index is -0.00569. The molecule has 116 valence electrons. The summed E-state index contributed by atoms with van der Waals surface area (Å²) in [5.41, 5.74) is 2.10. The van der Waals surface area contributed by atoms with Crippen molar-refractivity contribution in [2.75, 3.05) is 6.54 Å². The second-order valence-corrected chi connectivity index (χ2v) is 6.06. The summed E-state index contributed by atoms with van der Waals surface area (Å²) in [5, 5.41) is 6.26. The summed E-state index contributed by atoms with van der Waals surface area (Å²) < 4.78 is 0. The first-order valence-corrected chi connectivity index (χ1v) is 7.90. The van der Waals surface area contributed by atoms with Crippen LogP contribution in [0.5, 0.6) is 0 Å². The van der Waals surface area contributed by atoms with Gasteiger partial charge in [0.05, 0.1) is 0 Å². The molecule has 1 atom stereocenters. The molecule has 0 aliphatic rings. The van der Waals surface area contributed by atoms with Gasteiger partial charge in [-0.2, -0.15) is 0 Å². The molecule has 2 aromatic rings. The molecule has 2 aromatic carbocycles. The molecule has 2 rings (SSSR count). The van der Waals surface area contributed by atoms with E-state index < -0.39 is 0 Å². The molecule has 0 saturated heterocycles. The van der Waals surface area contributed by atoms with Crippen LogP contribution in [0.15, 0.2) is 48.5 Å². The number of benzene rings is 2. The Hall–Kier alpha value is -1.55. The molecule has 0 radical (unpaired) electrons. The van der Waals surface area contributed by atoms with Crippen LogP contribution >= 0.6 is 23.2 Å². The van der Waals surface area contributed by atoms with E-state index in [1.807, 2.05) is 53.8 Å². The Labute approximate surface area is 140 Å². The third-order valence-corrected chi connectivity index (χ3v) is 3.88. The van der Waals surface area contributed by atoms with Crippen molar-refractivity contribution in [3.63, 3.8) is 0 Å². The lowest BCUT2D eigenvalue weighted by Crippen LogP contribution is -2.87. The Morgan fingerprint density at radius 1 is 1.14 bits per heavy atom. The molecule has 0 saturated carbocycles. The van der Waals surface area contributed by atoms with Crippen LogP contribution in [-0.4, -0.2) is 12.5 Å². The van der Waals surface area contributed by atoms with Crippen LogP contribution in [0, 0.1) is 0 Å². The number of hydrogen-bond donors (Lipinski definition) is 2. The molecule has 22 heavy (non-hydrogen) atoms. The van der Waals surface area contributed by atoms with Gasteiger partial charge in [-0.3, -0.25) is 4.79 Å². The van der Waals surface area contributed by atoms with E-state index >= 15 is 0 Å². The third kappa shape index (κ3) is 5.34. The second-order valence-electron chi connectivity index (χ2n) is 5.19. The maximum Gasteiger partial charge on any atom is 0.275 e. The average Bonchev–Trinajstić information content (AvgIpc) is 2.50. The van der Waals surface area contributed by atoms with E-state index in [1.54, 1.807) is 0 Å². The number of nitrogens with two attached hydrogens (primary N) is 1. The summed E-state index contributed by atoms with van der Waals surface area (Å²) in [6.45, 7) is 2.91. The van der Waals surface area contributed by atoms with Crippen molar-refractivity contribution in [2.45, 2.75) is 19.5 Å². The Balaban J connectivity index is 1.78. The molecule has 0 aromatic heterocycles. The fourth-order valence-electron chi connectivity index (χ4n) is 2.13. The maximum atomic E-state index is 11.9. The number of rotatable bonds is 6. The lowest BCUT2D eigenvalue weighted by atomic mass is 10.1. The summed E-state index contributed by atoms with van der Waals surface area (Å²) in [6.07, 6.45) is 0. The van der Waals surface area contributed by atoms with Crippen molar-refractivity contribution >= 4 is 29.1 Å². The predicted octanol–water partition coefficient (Wildman–Crippen LogP) is 2.93. The van der Waals surface area contributed by atoms with Crippen molar-refractivity contribution in [2.24, 2.45) is 0 Å². The fourth-order valence-corrected chi connectivity index (χ4v) is 2.54. The molecule has 0 aliphatic heterocycles. The summed E-state index contributed by atoms with van der Waals surface area (Å²) in [7, 11) is 0. The van der Waals surface area contributed by atoms with E-state index in [0.717, 1.165) is 11.1 Å². The first-order valence-electron chi connectivity index (χ1n) is 7.14. The number of carbonyl (C=O) groups is 1. The third-order valence-electron chi connectivity index (χ3n) is 3.41. The molecule has 3 nitrogen and oxygen atoms in total. The molecule has 0 unspecified atom stereocenters. The molecule has 3 N–H and O–H groups in total. The summed E-state index contributed by atoms with van der Waals surface area (Å²) in [4.78, 5) is 11.9. The molecule has 0 aliphatic carbocycles. The first kappa shape index (κ1) is 16.8. The van der Waals surface area contributed by atoms with Gasteiger partial charge in [0.2, 0.25) is 0 Å². The average molecular weight is 338 g/mol. The SMILES string of the molecule is C[C@@H]([NH2+]CC(=O)NCc1cccc(Cl)c1)c1cccc(Cl)c1. The summed E-state index contributed by atoms with van der Waals surface area (Å²) in [6, 6.07) is 15.3. The van der Waals surface area contributed by atoms with E-state index in [1.165, 1.54) is 0 Å². The molecule has 1 amide bonds. The number of halogens is 2. The number of nitrogens with one attached hydrogen (secondary N) is 1. The Bertz CT molecular complexity index is 646. The highest BCUT2D eigenvalue weighted by atomic mass is 35.5. The fraction of sp³-hybridized carbons (Fsp3) is 0.235. The summed E-state index contributed by atoms with van der Waals surface area (Å²) >= 11 is 11.9. The van der Waals surface area contributed by atoms with E-state index in [0.29, 0.717) is 23.1 Å². The highest BCUT2D eigenvalue weighted by Crippen LogP contribution is 2.14. The largest absolute Gasteiger partial charge is 0.347 e. The summed E-state index contributed by atoms with van der Waals surface area (Å²) in [5.74, 6) is -0.00569. The Morgan fingerprint density at radius 2 is 1.82 bits per heavy atom. The second kappa shape index (κ2) is 8.18. The van der Waals surface area contributed by atoms with Gasteiger partial charge in [0, 0.05) is 22.2 Å². The molecule has 0 fully saturated rings. The highest BCUT2D eigenvalue weighted by Gasteiger charge is 2.11. The van der Waals surface area contributed by atoms with Gasteiger partial charge in [0.1, 0.15) is 6.04 Å². The lowest BCUT2D eigenvalue weighted by Gasteiger charge is -2.11. The zero-order chi connectivity index (χ0) is 15.9. The van der Waals surface area contributed by atoms with Crippen molar-refractivity contribution in [1.29, 1.82) is 0 Å². The van der Waals surface area contributed by atoms with Gasteiger partial charge in [-0.05, 0) is 36.8 Å². The topological polar surface area (TPSA) is 45.7 Å². The van der Waals surface area contributed by atoms with Crippen LogP contribution in [-0.2, 0) is 11.3 Å². The van der Waals surface area contributed by atoms with Crippen molar-refractivity contribution in [3.8, 4) is 0 Å². The molecule has 0 heterocycles. The van der Waals surface area contributed by atoms with Crippen LogP contribution in [0.2, 0.25) is 10.0 Å². The van der Waals surface area contributed by atoms with E-state index in [2.05, 4.69) is 12.2 Å². The molecular weight excluding hydrogens is 319 g/mol. The number of quaternary nitrogens is 1. The molecule has 0 spiro atoms. The van der Waals surface area contributed by atoms with Gasteiger partial charge in [-0.1, -0.05) is 47.5 Å². The van der Waals surface area contributed by atoms with Crippen LogP contribution in [0.1, 0.15) is 24.1 Å². The van der Waals surface area contributed by atoms with Crippen molar-refractivity contribution < 1.29 is 10.1 Å². The normalized spacial score (nSPS) is 12.0. The van der Waals surface area contributed by atoms with Crippen LogP contribution < -0.4 is 10.6 Å². The standard InChI is InChI=1S/C17H18Cl2N2O/c1-12(14-5-3-7-16(19)9-14)20-11-17(22)21-10-13-4-2-6-15(18)8-13/h2-9,12,20H,10-11H2,1H3,(H,21,22)/p+1/t12-/m1/s1. The van der Waals surface area contributed by atoms with Crippen molar-refractivity contribution in [1.82, 2.24) is 5.32 Å². The smallest absolute Gasteiger partial charge is 0.275 e. The van der Waals surface area contributed by atoms with Crippen LogP contribution in [0.4, 0.5) is 0 Å². The molecular formula is C17H19Cl2N2O+. The minimum absolute atomic E-state index is 0.00569. The molecule has 0 bridgehead atoms. The van der Waals surface area contributed by atoms with E-state index in [9.17, 15) is 4.79 Å². The monoisotopic (exact) mass is 337 g/mol. The number of hydrogen-bond acceptors (Lipinski definition) is 1. The van der Waals surface area contributed by atoms with Gasteiger partial charge in [-0.15, -0.1) is 0 Å². The first-order chi connectivity index (χ1) is 10.5. The van der Waals surface area contributed by atoms with E-state index in [4.69, 9.17) is 23.2 Å². The van der Waals surface area contributed by atoms with Crippen LogP contribution in [0.25, 0.3) is 0 Å². The zero-order valence-corrected chi connectivity index (χ0v) is 13.9.